The maximum Gasteiger partial charge on any atom is 0.0483 e. The fourth-order valence-corrected chi connectivity index (χ4v) is 2.54. The van der Waals surface area contributed by atoms with Gasteiger partial charge < -0.3 is 0 Å². The highest BCUT2D eigenvalue weighted by molar-refractivity contribution is 6.18. The Balaban J connectivity index is 2.89. The van der Waals surface area contributed by atoms with E-state index >= 15 is 0 Å². The first-order chi connectivity index (χ1) is 8.13. The highest BCUT2D eigenvalue weighted by Gasteiger charge is 2.16. The van der Waals surface area contributed by atoms with E-state index in [0.717, 1.165) is 13.1 Å². The molecule has 0 amide bonds. The van der Waals surface area contributed by atoms with Crippen LogP contribution in [0.15, 0.2) is 24.3 Å². The molecular formula is C15H24ClN. The first kappa shape index (κ1) is 14.5. The second-order valence-corrected chi connectivity index (χ2v) is 5.02. The summed E-state index contributed by atoms with van der Waals surface area (Å²) in [7, 11) is 0. The Bertz CT molecular complexity index is 314. The topological polar surface area (TPSA) is 3.24 Å². The van der Waals surface area contributed by atoms with Crippen molar-refractivity contribution in [3.63, 3.8) is 0 Å². The van der Waals surface area contributed by atoms with Gasteiger partial charge in [0.1, 0.15) is 0 Å². The summed E-state index contributed by atoms with van der Waals surface area (Å²) in [5.41, 5.74) is 2.72. The third-order valence-electron chi connectivity index (χ3n) is 3.39. The number of alkyl halides is 1. The number of benzene rings is 1. The zero-order chi connectivity index (χ0) is 12.8. The summed E-state index contributed by atoms with van der Waals surface area (Å²) in [6, 6.07) is 9.24. The van der Waals surface area contributed by atoms with Crippen LogP contribution in [0.25, 0.3) is 0 Å². The number of nitrogens with zero attached hydrogens (tertiary/aromatic N) is 1. The average molecular weight is 254 g/mol. The molecule has 2 heteroatoms. The Morgan fingerprint density at radius 3 is 1.82 bits per heavy atom. The molecule has 0 heterocycles. The van der Waals surface area contributed by atoms with Crippen molar-refractivity contribution in [1.29, 1.82) is 0 Å². The van der Waals surface area contributed by atoms with Crippen LogP contribution in [0.3, 0.4) is 0 Å². The Labute approximate surface area is 111 Å². The molecule has 1 rings (SSSR count). The van der Waals surface area contributed by atoms with Crippen molar-refractivity contribution in [1.82, 2.24) is 4.90 Å². The summed E-state index contributed by atoms with van der Waals surface area (Å²) in [4.78, 5) is 2.40. The Kier molecular flexibility index (Phi) is 6.01. The van der Waals surface area contributed by atoms with Crippen molar-refractivity contribution >= 4 is 11.6 Å². The van der Waals surface area contributed by atoms with Gasteiger partial charge in [0.05, 0.1) is 0 Å². The van der Waals surface area contributed by atoms with Crippen LogP contribution in [0.4, 0.5) is 0 Å². The number of halogens is 1. The van der Waals surface area contributed by atoms with Crippen molar-refractivity contribution in [3.05, 3.63) is 35.4 Å². The van der Waals surface area contributed by atoms with Crippen molar-refractivity contribution in [2.24, 2.45) is 0 Å². The molecule has 0 radical (unpaired) electrons. The van der Waals surface area contributed by atoms with Gasteiger partial charge in [0, 0.05) is 11.9 Å². The number of rotatable bonds is 6. The quantitative estimate of drug-likeness (QED) is 0.678. The van der Waals surface area contributed by atoms with E-state index in [1.807, 2.05) is 0 Å². The van der Waals surface area contributed by atoms with Crippen molar-refractivity contribution < 1.29 is 0 Å². The lowest BCUT2D eigenvalue weighted by Crippen LogP contribution is -2.29. The van der Waals surface area contributed by atoms with Gasteiger partial charge in [-0.15, -0.1) is 11.6 Å². The maximum absolute atomic E-state index is 6.12. The largest absolute Gasteiger partial charge is 0.296 e. The molecule has 0 aromatic heterocycles. The van der Waals surface area contributed by atoms with E-state index in [4.69, 9.17) is 11.6 Å². The van der Waals surface area contributed by atoms with Gasteiger partial charge in [-0.3, -0.25) is 4.90 Å². The summed E-state index contributed by atoms with van der Waals surface area (Å²) >= 11 is 6.12. The highest BCUT2D eigenvalue weighted by Crippen LogP contribution is 2.24. The fourth-order valence-electron chi connectivity index (χ4n) is 2.16. The molecule has 1 aromatic rings. The summed E-state index contributed by atoms with van der Waals surface area (Å²) < 4.78 is 0. The minimum Gasteiger partial charge on any atom is -0.296 e. The smallest absolute Gasteiger partial charge is 0.0483 e. The number of hydrogen-bond donors (Lipinski definition) is 0. The molecule has 0 saturated carbocycles. The summed E-state index contributed by atoms with van der Waals surface area (Å²) in [5, 5.41) is 0. The molecule has 0 aliphatic rings. The molecule has 1 atom stereocenters. The third-order valence-corrected chi connectivity index (χ3v) is 3.68. The number of hydrogen-bond acceptors (Lipinski definition) is 1. The molecular weight excluding hydrogens is 230 g/mol. The SMILES string of the molecule is CCN(CC)C(CCl)c1ccc(C(C)C)cc1. The van der Waals surface area contributed by atoms with E-state index in [1.54, 1.807) is 0 Å². The Morgan fingerprint density at radius 2 is 1.47 bits per heavy atom. The van der Waals surface area contributed by atoms with E-state index < -0.39 is 0 Å². The lowest BCUT2D eigenvalue weighted by atomic mass is 9.99. The standard InChI is InChI=1S/C15H24ClN/c1-5-17(6-2)15(11-16)14-9-7-13(8-10-14)12(3)4/h7-10,12,15H,5-6,11H2,1-4H3. The van der Waals surface area contributed by atoms with Crippen LogP contribution >= 0.6 is 11.6 Å². The summed E-state index contributed by atoms with van der Waals surface area (Å²) in [5.74, 6) is 1.25. The molecule has 1 aromatic carbocycles. The van der Waals surface area contributed by atoms with Crippen LogP contribution in [0.1, 0.15) is 50.8 Å². The van der Waals surface area contributed by atoms with Crippen LogP contribution in [0, 0.1) is 0 Å². The zero-order valence-corrected chi connectivity index (χ0v) is 12.2. The third kappa shape index (κ3) is 3.72. The van der Waals surface area contributed by atoms with Crippen LogP contribution in [-0.2, 0) is 0 Å². The van der Waals surface area contributed by atoms with E-state index in [9.17, 15) is 0 Å². The minimum atomic E-state index is 0.341. The van der Waals surface area contributed by atoms with Crippen molar-refractivity contribution in [2.75, 3.05) is 19.0 Å². The van der Waals surface area contributed by atoms with Gasteiger partial charge in [-0.25, -0.2) is 0 Å². The molecule has 0 fully saturated rings. The lowest BCUT2D eigenvalue weighted by molar-refractivity contribution is 0.237. The summed E-state index contributed by atoms with van der Waals surface area (Å²) in [6.45, 7) is 10.9. The predicted octanol–water partition coefficient (Wildman–Crippen LogP) is 4.43. The molecule has 0 spiro atoms. The van der Waals surface area contributed by atoms with Crippen LogP contribution < -0.4 is 0 Å². The lowest BCUT2D eigenvalue weighted by Gasteiger charge is -2.28. The molecule has 0 aliphatic carbocycles. The van der Waals surface area contributed by atoms with Gasteiger partial charge in [-0.05, 0) is 30.1 Å². The monoisotopic (exact) mass is 253 g/mol. The Hall–Kier alpha value is -0.530. The van der Waals surface area contributed by atoms with Gasteiger partial charge in [0.2, 0.25) is 0 Å². The molecule has 1 nitrogen and oxygen atoms in total. The minimum absolute atomic E-state index is 0.341. The summed E-state index contributed by atoms with van der Waals surface area (Å²) in [6.07, 6.45) is 0. The molecule has 0 bridgehead atoms. The van der Waals surface area contributed by atoms with Gasteiger partial charge in [-0.1, -0.05) is 52.0 Å². The molecule has 0 N–H and O–H groups in total. The van der Waals surface area contributed by atoms with Crippen LogP contribution in [0.2, 0.25) is 0 Å². The van der Waals surface area contributed by atoms with E-state index in [-0.39, 0.29) is 0 Å². The van der Waals surface area contributed by atoms with Gasteiger partial charge in [0.15, 0.2) is 0 Å². The first-order valence-electron chi connectivity index (χ1n) is 6.53. The highest BCUT2D eigenvalue weighted by atomic mass is 35.5. The van der Waals surface area contributed by atoms with Crippen LogP contribution in [-0.4, -0.2) is 23.9 Å². The van der Waals surface area contributed by atoms with Gasteiger partial charge in [0.25, 0.3) is 0 Å². The maximum atomic E-state index is 6.12. The average Bonchev–Trinajstić information content (AvgIpc) is 2.36. The second kappa shape index (κ2) is 7.03. The molecule has 0 aliphatic heterocycles. The van der Waals surface area contributed by atoms with Crippen LogP contribution in [0.5, 0.6) is 0 Å². The molecule has 1 unspecified atom stereocenters. The van der Waals surface area contributed by atoms with Crippen molar-refractivity contribution in [2.45, 2.75) is 39.7 Å². The predicted molar refractivity (Wildman–Crippen MR) is 76.9 cm³/mol. The fraction of sp³-hybridized carbons (Fsp3) is 0.600. The normalized spacial score (nSPS) is 13.4. The van der Waals surface area contributed by atoms with Gasteiger partial charge >= 0.3 is 0 Å². The Morgan fingerprint density at radius 1 is 1.00 bits per heavy atom. The molecule has 96 valence electrons. The van der Waals surface area contributed by atoms with E-state index in [2.05, 4.69) is 56.9 Å². The van der Waals surface area contributed by atoms with Gasteiger partial charge in [-0.2, -0.15) is 0 Å². The molecule has 17 heavy (non-hydrogen) atoms. The second-order valence-electron chi connectivity index (χ2n) is 4.71. The van der Waals surface area contributed by atoms with E-state index in [1.165, 1.54) is 11.1 Å². The van der Waals surface area contributed by atoms with Crippen molar-refractivity contribution in [3.8, 4) is 0 Å². The zero-order valence-electron chi connectivity index (χ0n) is 11.4. The first-order valence-corrected chi connectivity index (χ1v) is 7.07. The molecule has 0 saturated heterocycles. The van der Waals surface area contributed by atoms with E-state index in [0.29, 0.717) is 17.8 Å².